The molecule has 6 heteroatoms. The third-order valence-electron chi connectivity index (χ3n) is 6.13. The Morgan fingerprint density at radius 1 is 1.04 bits per heavy atom. The lowest BCUT2D eigenvalue weighted by atomic mass is 9.96. The van der Waals surface area contributed by atoms with Gasteiger partial charge in [0.15, 0.2) is 0 Å². The number of halogens is 1. The molecule has 0 unspecified atom stereocenters. The van der Waals surface area contributed by atoms with Gasteiger partial charge in [0.05, 0.1) is 6.54 Å². The Morgan fingerprint density at radius 2 is 1.81 bits per heavy atom. The van der Waals surface area contributed by atoms with E-state index in [1.165, 1.54) is 37.9 Å². The third kappa shape index (κ3) is 4.22. The number of hydrogen-bond acceptors (Lipinski definition) is 4. The minimum atomic E-state index is -0.155. The minimum Gasteiger partial charge on any atom is -0.317 e. The van der Waals surface area contributed by atoms with Crippen molar-refractivity contribution in [1.82, 2.24) is 24.6 Å². The summed E-state index contributed by atoms with van der Waals surface area (Å²) in [5.41, 5.74) is 2.24. The first kappa shape index (κ1) is 18.6. The molecule has 146 valence electrons. The topological polar surface area (TPSA) is 37.2 Å². The number of nitrogens with zero attached hydrogens (tertiary/aromatic N) is 5. The molecule has 3 heterocycles. The molecule has 1 atom stereocenters. The average molecular weight is 372 g/mol. The molecule has 0 saturated carbocycles. The van der Waals surface area contributed by atoms with Crippen molar-refractivity contribution in [3.63, 3.8) is 0 Å². The van der Waals surface area contributed by atoms with Gasteiger partial charge < -0.3 is 4.57 Å². The Kier molecular flexibility index (Phi) is 5.55. The maximum Gasteiger partial charge on any atom is 0.146 e. The van der Waals surface area contributed by atoms with Crippen molar-refractivity contribution in [3.8, 4) is 0 Å². The van der Waals surface area contributed by atoms with Gasteiger partial charge in [0.1, 0.15) is 17.5 Å². The first-order chi connectivity index (χ1) is 13.1. The van der Waals surface area contributed by atoms with Crippen molar-refractivity contribution in [1.29, 1.82) is 0 Å². The summed E-state index contributed by atoms with van der Waals surface area (Å²) < 4.78 is 15.6. The van der Waals surface area contributed by atoms with Crippen LogP contribution in [-0.4, -0.2) is 50.7 Å². The summed E-state index contributed by atoms with van der Waals surface area (Å²) in [7, 11) is 2.11. The van der Waals surface area contributed by atoms with Crippen LogP contribution in [0.25, 0.3) is 0 Å². The molecule has 1 aromatic carbocycles. The number of rotatable bonds is 5. The van der Waals surface area contributed by atoms with E-state index in [1.807, 2.05) is 13.0 Å². The van der Waals surface area contributed by atoms with Crippen molar-refractivity contribution in [2.24, 2.45) is 7.05 Å². The molecular weight excluding hydrogens is 341 g/mol. The van der Waals surface area contributed by atoms with Gasteiger partial charge in [-0.3, -0.25) is 9.80 Å². The normalized spacial score (nSPS) is 21.8. The second kappa shape index (κ2) is 8.07. The summed E-state index contributed by atoms with van der Waals surface area (Å²) in [6.07, 6.45) is 4.92. The van der Waals surface area contributed by atoms with E-state index in [4.69, 9.17) is 0 Å². The summed E-state index contributed by atoms with van der Waals surface area (Å²) >= 11 is 0. The minimum absolute atomic E-state index is 0.155. The van der Waals surface area contributed by atoms with Gasteiger partial charge in [-0.15, -0.1) is 10.2 Å². The summed E-state index contributed by atoms with van der Waals surface area (Å²) in [5.74, 6) is 2.46. The number of aromatic nitrogens is 3. The van der Waals surface area contributed by atoms with Crippen LogP contribution in [-0.2, 0) is 20.1 Å². The van der Waals surface area contributed by atoms with Crippen LogP contribution in [0.1, 0.15) is 54.4 Å². The van der Waals surface area contributed by atoms with E-state index >= 15 is 0 Å². The van der Waals surface area contributed by atoms with Gasteiger partial charge in [-0.05, 0) is 75.5 Å². The van der Waals surface area contributed by atoms with Crippen molar-refractivity contribution in [2.45, 2.75) is 51.6 Å². The molecule has 2 fully saturated rings. The molecule has 0 radical (unpaired) electrons. The summed E-state index contributed by atoms with van der Waals surface area (Å²) in [5, 5.41) is 9.06. The molecular formula is C21H30FN5. The second-order valence-corrected chi connectivity index (χ2v) is 8.16. The lowest BCUT2D eigenvalue weighted by Gasteiger charge is -2.32. The quantitative estimate of drug-likeness (QED) is 0.809. The Labute approximate surface area is 161 Å². The second-order valence-electron chi connectivity index (χ2n) is 8.16. The van der Waals surface area contributed by atoms with Crippen LogP contribution in [0, 0.1) is 12.7 Å². The van der Waals surface area contributed by atoms with Crippen LogP contribution in [0.4, 0.5) is 4.39 Å². The van der Waals surface area contributed by atoms with E-state index in [-0.39, 0.29) is 5.82 Å². The highest BCUT2D eigenvalue weighted by molar-refractivity contribution is 5.26. The Bertz CT molecular complexity index is 781. The van der Waals surface area contributed by atoms with E-state index in [1.54, 1.807) is 12.1 Å². The fraction of sp³-hybridized carbons (Fsp3) is 0.619. The van der Waals surface area contributed by atoms with Crippen molar-refractivity contribution in [2.75, 3.05) is 26.2 Å². The Hall–Kier alpha value is -1.79. The van der Waals surface area contributed by atoms with Gasteiger partial charge in [0.2, 0.25) is 0 Å². The van der Waals surface area contributed by atoms with Crippen LogP contribution in [0.5, 0.6) is 0 Å². The van der Waals surface area contributed by atoms with Gasteiger partial charge in [0.25, 0.3) is 0 Å². The molecule has 2 aliphatic heterocycles. The molecule has 2 aromatic rings. The zero-order chi connectivity index (χ0) is 18.8. The summed E-state index contributed by atoms with van der Waals surface area (Å²) in [6, 6.07) is 5.12. The molecule has 4 rings (SSSR count). The van der Waals surface area contributed by atoms with E-state index in [0.29, 0.717) is 5.92 Å². The predicted molar refractivity (Wildman–Crippen MR) is 104 cm³/mol. The number of hydrogen-bond donors (Lipinski definition) is 0. The zero-order valence-corrected chi connectivity index (χ0v) is 16.5. The number of piperidine rings is 1. The Balaban J connectivity index is 1.42. The molecule has 27 heavy (non-hydrogen) atoms. The summed E-state index contributed by atoms with van der Waals surface area (Å²) in [4.78, 5) is 4.95. The molecule has 2 saturated heterocycles. The number of aryl methyl sites for hydroxylation is 1. The van der Waals surface area contributed by atoms with Gasteiger partial charge >= 0.3 is 0 Å². The van der Waals surface area contributed by atoms with Crippen molar-refractivity contribution < 1.29 is 4.39 Å². The lowest BCUT2D eigenvalue weighted by Crippen LogP contribution is -2.35. The molecule has 5 nitrogen and oxygen atoms in total. The maximum atomic E-state index is 13.4. The highest BCUT2D eigenvalue weighted by Crippen LogP contribution is 2.27. The maximum absolute atomic E-state index is 13.4. The fourth-order valence-electron chi connectivity index (χ4n) is 4.50. The monoisotopic (exact) mass is 371 g/mol. The predicted octanol–water partition coefficient (Wildman–Crippen LogP) is 3.24. The SMILES string of the molecule is Cc1cc(F)ccc1CN1CCC[C@@H](c2nnc(CN3CCCC3)n2C)C1. The highest BCUT2D eigenvalue weighted by atomic mass is 19.1. The smallest absolute Gasteiger partial charge is 0.146 e. The fourth-order valence-corrected chi connectivity index (χ4v) is 4.50. The van der Waals surface area contributed by atoms with Crippen LogP contribution in [0.2, 0.25) is 0 Å². The number of benzene rings is 1. The molecule has 2 aliphatic rings. The van der Waals surface area contributed by atoms with Crippen LogP contribution in [0.15, 0.2) is 18.2 Å². The molecule has 0 spiro atoms. The van der Waals surface area contributed by atoms with Gasteiger partial charge in [-0.2, -0.15) is 0 Å². The van der Waals surface area contributed by atoms with E-state index in [0.717, 1.165) is 49.8 Å². The van der Waals surface area contributed by atoms with Gasteiger partial charge in [-0.25, -0.2) is 4.39 Å². The van der Waals surface area contributed by atoms with Crippen molar-refractivity contribution in [3.05, 3.63) is 46.8 Å². The third-order valence-corrected chi connectivity index (χ3v) is 6.13. The number of likely N-dealkylation sites (tertiary alicyclic amines) is 2. The molecule has 0 bridgehead atoms. The molecule has 0 N–H and O–H groups in total. The van der Waals surface area contributed by atoms with Gasteiger partial charge in [0, 0.05) is 26.1 Å². The zero-order valence-electron chi connectivity index (χ0n) is 16.5. The first-order valence-electron chi connectivity index (χ1n) is 10.2. The van der Waals surface area contributed by atoms with Crippen LogP contribution in [0.3, 0.4) is 0 Å². The van der Waals surface area contributed by atoms with E-state index in [2.05, 4.69) is 31.6 Å². The summed E-state index contributed by atoms with van der Waals surface area (Å²) in [6.45, 7) is 8.22. The lowest BCUT2D eigenvalue weighted by molar-refractivity contribution is 0.194. The van der Waals surface area contributed by atoms with E-state index in [9.17, 15) is 4.39 Å². The average Bonchev–Trinajstić information content (AvgIpc) is 3.29. The van der Waals surface area contributed by atoms with Gasteiger partial charge in [-0.1, -0.05) is 6.07 Å². The van der Waals surface area contributed by atoms with E-state index < -0.39 is 0 Å². The standard InChI is InChI=1S/C21H30FN5/c1-16-12-19(22)8-7-17(16)13-27-11-5-6-18(14-27)21-24-23-20(25(21)2)15-26-9-3-4-10-26/h7-8,12,18H,3-6,9-11,13-15H2,1-2H3/t18-/m1/s1. The largest absolute Gasteiger partial charge is 0.317 e. The molecule has 0 amide bonds. The highest BCUT2D eigenvalue weighted by Gasteiger charge is 2.27. The van der Waals surface area contributed by atoms with Crippen molar-refractivity contribution >= 4 is 0 Å². The van der Waals surface area contributed by atoms with Crippen LogP contribution < -0.4 is 0 Å². The Morgan fingerprint density at radius 3 is 2.59 bits per heavy atom. The van der Waals surface area contributed by atoms with Crippen LogP contribution >= 0.6 is 0 Å². The molecule has 0 aliphatic carbocycles. The first-order valence-corrected chi connectivity index (χ1v) is 10.2. The molecule has 1 aromatic heterocycles.